The molecule has 2 aliphatic heterocycles. The van der Waals surface area contributed by atoms with E-state index in [1.807, 2.05) is 54.1 Å². The average molecular weight is 530 g/mol. The van der Waals surface area contributed by atoms with E-state index in [1.54, 1.807) is 23.5 Å². The number of aryl methyl sites for hydroxylation is 1. The van der Waals surface area contributed by atoms with Crippen molar-refractivity contribution in [2.24, 2.45) is 5.92 Å². The molecule has 2 aromatic carbocycles. The van der Waals surface area contributed by atoms with E-state index >= 15 is 0 Å². The standard InChI is InChI=1S/C31H35N3O5/c1-20(2)10-15-38-25-7-4-6-22(18-25)28-27(29(35)23-8-9-26-24(17-23)16-21(3)39-26)30(36)31(37)34(28)13-5-12-33-14-11-32-19-33/h4,6-9,11,14,17-21,28,35H,5,10,12-13,15-16H2,1-3H3/t21-,28-/m0/s1. The summed E-state index contributed by atoms with van der Waals surface area (Å²) in [5.41, 5.74) is 2.28. The van der Waals surface area contributed by atoms with Crippen LogP contribution >= 0.6 is 0 Å². The molecule has 0 saturated carbocycles. The number of ketones is 1. The van der Waals surface area contributed by atoms with Gasteiger partial charge in [-0.1, -0.05) is 26.0 Å². The second-order valence-corrected chi connectivity index (χ2v) is 10.7. The van der Waals surface area contributed by atoms with Crippen LogP contribution in [0.4, 0.5) is 0 Å². The van der Waals surface area contributed by atoms with Crippen molar-refractivity contribution in [3.63, 3.8) is 0 Å². The smallest absolute Gasteiger partial charge is 0.295 e. The number of ether oxygens (including phenoxy) is 2. The minimum atomic E-state index is -0.732. The van der Waals surface area contributed by atoms with Gasteiger partial charge in [-0.15, -0.1) is 0 Å². The van der Waals surface area contributed by atoms with Gasteiger partial charge in [0.05, 0.1) is 24.5 Å². The summed E-state index contributed by atoms with van der Waals surface area (Å²) in [5.74, 6) is 0.482. The summed E-state index contributed by atoms with van der Waals surface area (Å²) in [6, 6.07) is 12.1. The highest BCUT2D eigenvalue weighted by atomic mass is 16.5. The number of hydrogen-bond acceptors (Lipinski definition) is 6. The highest BCUT2D eigenvalue weighted by Gasteiger charge is 2.46. The van der Waals surface area contributed by atoms with E-state index in [0.717, 1.165) is 29.7 Å². The number of fused-ring (bicyclic) bond motifs is 1. The number of Topliss-reactive ketones (excluding diaryl/α,β-unsaturated/α-hetero) is 1. The van der Waals surface area contributed by atoms with E-state index in [0.29, 0.717) is 43.3 Å². The number of amides is 1. The summed E-state index contributed by atoms with van der Waals surface area (Å²) < 4.78 is 13.7. The maximum Gasteiger partial charge on any atom is 0.295 e. The van der Waals surface area contributed by atoms with E-state index in [-0.39, 0.29) is 17.4 Å². The third-order valence-corrected chi connectivity index (χ3v) is 7.22. The molecule has 8 nitrogen and oxygen atoms in total. The zero-order valence-corrected chi connectivity index (χ0v) is 22.7. The SMILES string of the molecule is CC(C)CCOc1cccc([C@H]2C(=C(O)c3ccc4c(c3)C[C@H](C)O4)C(=O)C(=O)N2CCCn2ccnc2)c1. The van der Waals surface area contributed by atoms with Gasteiger partial charge in [-0.25, -0.2) is 4.98 Å². The van der Waals surface area contributed by atoms with Crippen molar-refractivity contribution in [3.05, 3.63) is 83.4 Å². The average Bonchev–Trinajstić information content (AvgIpc) is 3.62. The Balaban J connectivity index is 1.50. The van der Waals surface area contributed by atoms with Gasteiger partial charge in [-0.05, 0) is 67.1 Å². The van der Waals surface area contributed by atoms with Gasteiger partial charge in [0.1, 0.15) is 23.4 Å². The van der Waals surface area contributed by atoms with Crippen molar-refractivity contribution in [1.29, 1.82) is 0 Å². The fourth-order valence-corrected chi connectivity index (χ4v) is 5.21. The zero-order valence-electron chi connectivity index (χ0n) is 22.7. The number of imidazole rings is 1. The molecule has 5 rings (SSSR count). The van der Waals surface area contributed by atoms with Gasteiger partial charge in [0.15, 0.2) is 0 Å². The summed E-state index contributed by atoms with van der Waals surface area (Å²) in [6.07, 6.45) is 7.61. The normalized spacial score (nSPS) is 19.9. The molecule has 1 amide bonds. The molecule has 3 heterocycles. The highest BCUT2D eigenvalue weighted by molar-refractivity contribution is 6.46. The number of nitrogens with zero attached hydrogens (tertiary/aromatic N) is 3. The van der Waals surface area contributed by atoms with E-state index in [2.05, 4.69) is 18.8 Å². The largest absolute Gasteiger partial charge is 0.507 e. The number of carbonyl (C=O) groups is 2. The molecular weight excluding hydrogens is 494 g/mol. The molecule has 3 aromatic rings. The molecule has 1 saturated heterocycles. The van der Waals surface area contributed by atoms with Crippen LogP contribution in [0.1, 0.15) is 56.3 Å². The number of likely N-dealkylation sites (tertiary alicyclic amines) is 1. The fraction of sp³-hybridized carbons (Fsp3) is 0.387. The molecule has 0 unspecified atom stereocenters. The molecule has 1 fully saturated rings. The van der Waals surface area contributed by atoms with Gasteiger partial charge in [-0.2, -0.15) is 0 Å². The Kier molecular flexibility index (Phi) is 7.72. The molecule has 8 heteroatoms. The second kappa shape index (κ2) is 11.4. The fourth-order valence-electron chi connectivity index (χ4n) is 5.21. The predicted molar refractivity (Wildman–Crippen MR) is 147 cm³/mol. The number of aromatic nitrogens is 2. The molecule has 1 aromatic heterocycles. The molecule has 0 bridgehead atoms. The van der Waals surface area contributed by atoms with Gasteiger partial charge < -0.3 is 24.0 Å². The summed E-state index contributed by atoms with van der Waals surface area (Å²) >= 11 is 0. The Hall–Kier alpha value is -4.07. The van der Waals surface area contributed by atoms with E-state index in [4.69, 9.17) is 9.47 Å². The van der Waals surface area contributed by atoms with E-state index < -0.39 is 17.7 Å². The number of rotatable bonds is 10. The van der Waals surface area contributed by atoms with Crippen molar-refractivity contribution >= 4 is 17.4 Å². The Morgan fingerprint density at radius 1 is 1.18 bits per heavy atom. The van der Waals surface area contributed by atoms with Crippen molar-refractivity contribution in [2.45, 2.75) is 58.7 Å². The highest BCUT2D eigenvalue weighted by Crippen LogP contribution is 2.41. The Bertz CT molecular complexity index is 1380. The lowest BCUT2D eigenvalue weighted by molar-refractivity contribution is -0.139. The van der Waals surface area contributed by atoms with Crippen molar-refractivity contribution < 1.29 is 24.2 Å². The Morgan fingerprint density at radius 2 is 2.03 bits per heavy atom. The molecule has 1 N–H and O–H groups in total. The lowest BCUT2D eigenvalue weighted by Gasteiger charge is -2.26. The molecule has 2 aliphatic rings. The van der Waals surface area contributed by atoms with Crippen LogP contribution in [0.5, 0.6) is 11.5 Å². The first-order valence-corrected chi connectivity index (χ1v) is 13.6. The summed E-state index contributed by atoms with van der Waals surface area (Å²) in [6.45, 7) is 7.84. The molecule has 39 heavy (non-hydrogen) atoms. The molecule has 204 valence electrons. The first-order chi connectivity index (χ1) is 18.8. The van der Waals surface area contributed by atoms with Crippen LogP contribution in [-0.4, -0.2) is 50.5 Å². The predicted octanol–water partition coefficient (Wildman–Crippen LogP) is 5.14. The van der Waals surface area contributed by atoms with E-state index in [1.165, 1.54) is 0 Å². The maximum absolute atomic E-state index is 13.4. The van der Waals surface area contributed by atoms with Gasteiger partial charge >= 0.3 is 0 Å². The Labute approximate surface area is 228 Å². The van der Waals surface area contributed by atoms with Gasteiger partial charge in [0.2, 0.25) is 0 Å². The summed E-state index contributed by atoms with van der Waals surface area (Å²) in [5, 5.41) is 11.5. The van der Waals surface area contributed by atoms with Gasteiger partial charge in [0.25, 0.3) is 11.7 Å². The van der Waals surface area contributed by atoms with Crippen LogP contribution < -0.4 is 9.47 Å². The lowest BCUT2D eigenvalue weighted by Crippen LogP contribution is -2.31. The van der Waals surface area contributed by atoms with Crippen LogP contribution in [0.25, 0.3) is 5.76 Å². The minimum absolute atomic E-state index is 0.0527. The number of aliphatic hydroxyl groups excluding tert-OH is 1. The number of hydrogen-bond donors (Lipinski definition) is 1. The number of aliphatic hydroxyl groups is 1. The van der Waals surface area contributed by atoms with Crippen LogP contribution in [0.3, 0.4) is 0 Å². The first kappa shape index (κ1) is 26.5. The third kappa shape index (κ3) is 5.70. The van der Waals surface area contributed by atoms with Crippen molar-refractivity contribution in [1.82, 2.24) is 14.5 Å². The first-order valence-electron chi connectivity index (χ1n) is 13.6. The van der Waals surface area contributed by atoms with Crippen molar-refractivity contribution in [2.75, 3.05) is 13.2 Å². The number of carbonyl (C=O) groups excluding carboxylic acids is 2. The molecule has 0 aliphatic carbocycles. The summed E-state index contributed by atoms with van der Waals surface area (Å²) in [4.78, 5) is 32.4. The molecule has 0 spiro atoms. The van der Waals surface area contributed by atoms with Crippen LogP contribution in [0, 0.1) is 5.92 Å². The Morgan fingerprint density at radius 3 is 2.79 bits per heavy atom. The summed E-state index contributed by atoms with van der Waals surface area (Å²) in [7, 11) is 0. The quantitative estimate of drug-likeness (QED) is 0.222. The maximum atomic E-state index is 13.4. The minimum Gasteiger partial charge on any atom is -0.507 e. The van der Waals surface area contributed by atoms with Crippen molar-refractivity contribution in [3.8, 4) is 11.5 Å². The molecular formula is C31H35N3O5. The van der Waals surface area contributed by atoms with Gasteiger partial charge in [-0.3, -0.25) is 9.59 Å². The van der Waals surface area contributed by atoms with E-state index in [9.17, 15) is 14.7 Å². The second-order valence-electron chi connectivity index (χ2n) is 10.7. The number of benzene rings is 2. The third-order valence-electron chi connectivity index (χ3n) is 7.22. The lowest BCUT2D eigenvalue weighted by atomic mass is 9.94. The molecule has 2 atom stereocenters. The van der Waals surface area contributed by atoms with Crippen LogP contribution in [0.15, 0.2) is 66.8 Å². The van der Waals surface area contributed by atoms with Crippen LogP contribution in [-0.2, 0) is 22.6 Å². The monoisotopic (exact) mass is 529 g/mol. The van der Waals surface area contributed by atoms with Gasteiger partial charge in [0, 0.05) is 37.5 Å². The topological polar surface area (TPSA) is 93.9 Å². The zero-order chi connectivity index (χ0) is 27.5. The van der Waals surface area contributed by atoms with Crippen LogP contribution in [0.2, 0.25) is 0 Å². The molecule has 0 radical (unpaired) electrons.